The minimum absolute atomic E-state index is 0.206. The number of methoxy groups -OCH3 is 1. The van der Waals surface area contributed by atoms with Crippen molar-refractivity contribution >= 4 is 21.6 Å². The van der Waals surface area contributed by atoms with Crippen LogP contribution in [0.1, 0.15) is 19.4 Å². The van der Waals surface area contributed by atoms with E-state index in [4.69, 9.17) is 16.3 Å². The fourth-order valence-corrected chi connectivity index (χ4v) is 3.19. The van der Waals surface area contributed by atoms with E-state index in [-0.39, 0.29) is 10.9 Å². The standard InChI is InChI=1S/C13H21ClN2O3S/c1-4-15-8-11-7-12(5-6-13(11)14)20(17,18)16-10(2)9-19-3/h5-7,10,15-16H,4,8-9H2,1-3H3. The second kappa shape index (κ2) is 7.95. The van der Waals surface area contributed by atoms with Crippen molar-refractivity contribution in [2.24, 2.45) is 0 Å². The summed E-state index contributed by atoms with van der Waals surface area (Å²) >= 11 is 6.06. The summed E-state index contributed by atoms with van der Waals surface area (Å²) in [5.41, 5.74) is 0.760. The van der Waals surface area contributed by atoms with Gasteiger partial charge in [-0.25, -0.2) is 13.1 Å². The Labute approximate surface area is 125 Å². The van der Waals surface area contributed by atoms with Crippen molar-refractivity contribution in [3.05, 3.63) is 28.8 Å². The molecule has 5 nitrogen and oxygen atoms in total. The topological polar surface area (TPSA) is 67.4 Å². The number of nitrogens with one attached hydrogen (secondary N) is 2. The van der Waals surface area contributed by atoms with Crippen molar-refractivity contribution < 1.29 is 13.2 Å². The van der Waals surface area contributed by atoms with Gasteiger partial charge in [-0.3, -0.25) is 0 Å². The van der Waals surface area contributed by atoms with Gasteiger partial charge in [-0.15, -0.1) is 0 Å². The first kappa shape index (κ1) is 17.4. The second-order valence-corrected chi connectivity index (χ2v) is 6.63. The van der Waals surface area contributed by atoms with Gasteiger partial charge < -0.3 is 10.1 Å². The van der Waals surface area contributed by atoms with Crippen molar-refractivity contribution in [3.63, 3.8) is 0 Å². The predicted octanol–water partition coefficient (Wildman–Crippen LogP) is 1.76. The van der Waals surface area contributed by atoms with Crippen LogP contribution >= 0.6 is 11.6 Å². The molecule has 114 valence electrons. The van der Waals surface area contributed by atoms with Crippen LogP contribution in [0.3, 0.4) is 0 Å². The van der Waals surface area contributed by atoms with Gasteiger partial charge in [0, 0.05) is 24.7 Å². The van der Waals surface area contributed by atoms with Crippen LogP contribution in [0, 0.1) is 0 Å². The van der Waals surface area contributed by atoms with Crippen molar-refractivity contribution in [1.82, 2.24) is 10.0 Å². The SMILES string of the molecule is CCNCc1cc(S(=O)(=O)NC(C)COC)ccc1Cl. The van der Waals surface area contributed by atoms with Crippen LogP contribution in [0.4, 0.5) is 0 Å². The summed E-state index contributed by atoms with van der Waals surface area (Å²) in [6.45, 7) is 5.36. The van der Waals surface area contributed by atoms with E-state index < -0.39 is 10.0 Å². The smallest absolute Gasteiger partial charge is 0.240 e. The van der Waals surface area contributed by atoms with E-state index in [1.165, 1.54) is 13.2 Å². The fourth-order valence-electron chi connectivity index (χ4n) is 1.73. The highest BCUT2D eigenvalue weighted by Crippen LogP contribution is 2.20. The minimum Gasteiger partial charge on any atom is -0.383 e. The maximum Gasteiger partial charge on any atom is 0.240 e. The first-order valence-electron chi connectivity index (χ1n) is 6.41. The van der Waals surface area contributed by atoms with Crippen LogP contribution < -0.4 is 10.0 Å². The average Bonchev–Trinajstić information content (AvgIpc) is 2.37. The Bertz CT molecular complexity index is 534. The molecular weight excluding hydrogens is 300 g/mol. The van der Waals surface area contributed by atoms with E-state index in [0.29, 0.717) is 18.2 Å². The Hall–Kier alpha value is -0.660. The van der Waals surface area contributed by atoms with Gasteiger partial charge >= 0.3 is 0 Å². The summed E-state index contributed by atoms with van der Waals surface area (Å²) < 4.78 is 31.9. The zero-order valence-electron chi connectivity index (χ0n) is 11.9. The van der Waals surface area contributed by atoms with Crippen molar-refractivity contribution in [3.8, 4) is 0 Å². The molecule has 0 aliphatic rings. The third kappa shape index (κ3) is 5.03. The molecule has 1 rings (SSSR count). The Morgan fingerprint density at radius 3 is 2.70 bits per heavy atom. The lowest BCUT2D eigenvalue weighted by Crippen LogP contribution is -2.35. The summed E-state index contributed by atoms with van der Waals surface area (Å²) in [5, 5.41) is 3.68. The molecule has 0 spiro atoms. The normalized spacial score (nSPS) is 13.4. The van der Waals surface area contributed by atoms with E-state index in [2.05, 4.69) is 10.0 Å². The molecule has 0 bridgehead atoms. The van der Waals surface area contributed by atoms with Crippen molar-refractivity contribution in [2.45, 2.75) is 31.3 Å². The highest BCUT2D eigenvalue weighted by molar-refractivity contribution is 7.89. The second-order valence-electron chi connectivity index (χ2n) is 4.51. The lowest BCUT2D eigenvalue weighted by molar-refractivity contribution is 0.180. The van der Waals surface area contributed by atoms with Gasteiger partial charge in [0.15, 0.2) is 0 Å². The lowest BCUT2D eigenvalue weighted by atomic mass is 10.2. The third-order valence-electron chi connectivity index (χ3n) is 2.67. The van der Waals surface area contributed by atoms with Crippen LogP contribution in [0.2, 0.25) is 5.02 Å². The molecule has 1 unspecified atom stereocenters. The molecule has 2 N–H and O–H groups in total. The highest BCUT2D eigenvalue weighted by atomic mass is 35.5. The summed E-state index contributed by atoms with van der Waals surface area (Å²) in [4.78, 5) is 0.206. The molecule has 1 aromatic carbocycles. The van der Waals surface area contributed by atoms with E-state index >= 15 is 0 Å². The number of sulfonamides is 1. The average molecular weight is 321 g/mol. The Morgan fingerprint density at radius 1 is 1.40 bits per heavy atom. The number of hydrogen-bond acceptors (Lipinski definition) is 4. The molecule has 0 heterocycles. The number of ether oxygens (including phenoxy) is 1. The number of hydrogen-bond donors (Lipinski definition) is 2. The first-order valence-corrected chi connectivity index (χ1v) is 8.27. The summed E-state index contributed by atoms with van der Waals surface area (Å²) in [6, 6.07) is 4.40. The molecule has 0 saturated heterocycles. The molecule has 0 aromatic heterocycles. The van der Waals surface area contributed by atoms with Gasteiger partial charge in [0.2, 0.25) is 10.0 Å². The van der Waals surface area contributed by atoms with E-state index in [1.54, 1.807) is 19.1 Å². The number of benzene rings is 1. The number of halogens is 1. The Morgan fingerprint density at radius 2 is 2.10 bits per heavy atom. The van der Waals surface area contributed by atoms with E-state index in [1.807, 2.05) is 6.92 Å². The highest BCUT2D eigenvalue weighted by Gasteiger charge is 2.18. The molecule has 0 amide bonds. The maximum absolute atomic E-state index is 12.2. The van der Waals surface area contributed by atoms with E-state index in [9.17, 15) is 8.42 Å². The summed E-state index contributed by atoms with van der Waals surface area (Å²) in [5.74, 6) is 0. The molecule has 0 aliphatic carbocycles. The fraction of sp³-hybridized carbons (Fsp3) is 0.538. The molecule has 1 aromatic rings. The minimum atomic E-state index is -3.56. The van der Waals surface area contributed by atoms with Gasteiger partial charge in [-0.1, -0.05) is 18.5 Å². The van der Waals surface area contributed by atoms with Gasteiger partial charge in [-0.05, 0) is 37.2 Å². The van der Waals surface area contributed by atoms with Crippen LogP contribution in [0.25, 0.3) is 0 Å². The van der Waals surface area contributed by atoms with Crippen LogP contribution in [-0.4, -0.2) is 34.7 Å². The van der Waals surface area contributed by atoms with Gasteiger partial charge in [0.05, 0.1) is 11.5 Å². The molecule has 0 fully saturated rings. The molecule has 1 atom stereocenters. The molecule has 0 radical (unpaired) electrons. The van der Waals surface area contributed by atoms with Crippen molar-refractivity contribution in [1.29, 1.82) is 0 Å². The predicted molar refractivity (Wildman–Crippen MR) is 80.5 cm³/mol. The molecule has 7 heteroatoms. The molecular formula is C13H21ClN2O3S. The van der Waals surface area contributed by atoms with Gasteiger partial charge in [0.1, 0.15) is 0 Å². The largest absolute Gasteiger partial charge is 0.383 e. The maximum atomic E-state index is 12.2. The van der Waals surface area contributed by atoms with Crippen LogP contribution in [0.5, 0.6) is 0 Å². The molecule has 20 heavy (non-hydrogen) atoms. The Kier molecular flexibility index (Phi) is 6.91. The quantitative estimate of drug-likeness (QED) is 0.766. The monoisotopic (exact) mass is 320 g/mol. The van der Waals surface area contributed by atoms with Gasteiger partial charge in [0.25, 0.3) is 0 Å². The zero-order chi connectivity index (χ0) is 15.2. The molecule has 0 aliphatic heterocycles. The lowest BCUT2D eigenvalue weighted by Gasteiger charge is -2.14. The van der Waals surface area contributed by atoms with Crippen LogP contribution in [0.15, 0.2) is 23.1 Å². The Balaban J connectivity index is 2.94. The van der Waals surface area contributed by atoms with Gasteiger partial charge in [-0.2, -0.15) is 0 Å². The zero-order valence-corrected chi connectivity index (χ0v) is 13.5. The third-order valence-corrected chi connectivity index (χ3v) is 4.62. The summed E-state index contributed by atoms with van der Waals surface area (Å²) in [7, 11) is -2.03. The summed E-state index contributed by atoms with van der Waals surface area (Å²) in [6.07, 6.45) is 0. The van der Waals surface area contributed by atoms with E-state index in [0.717, 1.165) is 12.1 Å². The number of rotatable bonds is 8. The first-order chi connectivity index (χ1) is 9.40. The molecule has 0 saturated carbocycles. The van der Waals surface area contributed by atoms with Crippen molar-refractivity contribution in [2.75, 3.05) is 20.3 Å². The van der Waals surface area contributed by atoms with Crippen LogP contribution in [-0.2, 0) is 21.3 Å².